The van der Waals surface area contributed by atoms with E-state index in [9.17, 15) is 10.1 Å². The third-order valence-electron chi connectivity index (χ3n) is 4.20. The van der Waals surface area contributed by atoms with Crippen LogP contribution in [0.2, 0.25) is 0 Å². The summed E-state index contributed by atoms with van der Waals surface area (Å²) >= 11 is 0. The van der Waals surface area contributed by atoms with E-state index >= 15 is 0 Å². The number of rotatable bonds is 4. The van der Waals surface area contributed by atoms with Gasteiger partial charge in [-0.15, -0.1) is 0 Å². The number of carbonyl (C=O) groups excluding carboxylic acids is 1. The van der Waals surface area contributed by atoms with Gasteiger partial charge in [0.25, 0.3) is 0 Å². The van der Waals surface area contributed by atoms with Crippen LogP contribution < -0.4 is 10.6 Å². The summed E-state index contributed by atoms with van der Waals surface area (Å²) < 4.78 is 5.05. The summed E-state index contributed by atoms with van der Waals surface area (Å²) in [5, 5.41) is 9.33. The van der Waals surface area contributed by atoms with Gasteiger partial charge in [0.05, 0.1) is 24.4 Å². The van der Waals surface area contributed by atoms with Crippen LogP contribution in [-0.2, 0) is 9.53 Å². The lowest BCUT2D eigenvalue weighted by Gasteiger charge is -2.45. The van der Waals surface area contributed by atoms with Crippen LogP contribution in [0.4, 0.5) is 11.4 Å². The van der Waals surface area contributed by atoms with Crippen molar-refractivity contribution in [2.24, 2.45) is 0 Å². The fourth-order valence-corrected chi connectivity index (χ4v) is 3.14. The lowest BCUT2D eigenvalue weighted by atomic mass is 10.0. The molecule has 0 saturated carbocycles. The monoisotopic (exact) mass is 316 g/mol. The Balaban J connectivity index is 2.13. The van der Waals surface area contributed by atoms with Crippen molar-refractivity contribution in [3.8, 4) is 6.07 Å². The van der Waals surface area contributed by atoms with Gasteiger partial charge in [-0.1, -0.05) is 0 Å². The minimum atomic E-state index is -0.190. The molecular formula is C17H24N4O2. The molecular weight excluding hydrogens is 292 g/mol. The second-order valence-electron chi connectivity index (χ2n) is 5.97. The van der Waals surface area contributed by atoms with E-state index < -0.39 is 0 Å². The van der Waals surface area contributed by atoms with Crippen molar-refractivity contribution in [3.63, 3.8) is 0 Å². The molecule has 2 atom stereocenters. The van der Waals surface area contributed by atoms with Gasteiger partial charge < -0.3 is 15.4 Å². The summed E-state index contributed by atoms with van der Waals surface area (Å²) in [5.74, 6) is -0.190. The molecule has 0 amide bonds. The Morgan fingerprint density at radius 3 is 2.61 bits per heavy atom. The quantitative estimate of drug-likeness (QED) is 0.671. The Bertz CT molecular complexity index is 599. The van der Waals surface area contributed by atoms with Crippen LogP contribution in [0.25, 0.3) is 0 Å². The fourth-order valence-electron chi connectivity index (χ4n) is 3.14. The third-order valence-corrected chi connectivity index (χ3v) is 4.20. The number of esters is 1. The minimum Gasteiger partial charge on any atom is -0.465 e. The molecule has 6 nitrogen and oxygen atoms in total. The normalized spacial score (nSPS) is 21.7. The van der Waals surface area contributed by atoms with Gasteiger partial charge >= 0.3 is 5.97 Å². The second kappa shape index (κ2) is 7.34. The van der Waals surface area contributed by atoms with Gasteiger partial charge in [0, 0.05) is 30.9 Å². The Morgan fingerprint density at radius 2 is 2.04 bits per heavy atom. The molecule has 1 aliphatic heterocycles. The molecule has 2 N–H and O–H groups in total. The summed E-state index contributed by atoms with van der Waals surface area (Å²) in [5.41, 5.74) is 7.84. The number of hydrogen-bond acceptors (Lipinski definition) is 6. The number of carbonyl (C=O) groups is 1. The van der Waals surface area contributed by atoms with Crippen LogP contribution in [0.5, 0.6) is 0 Å². The van der Waals surface area contributed by atoms with Crippen molar-refractivity contribution in [1.82, 2.24) is 4.90 Å². The highest BCUT2D eigenvalue weighted by molar-refractivity contribution is 5.72. The van der Waals surface area contributed by atoms with E-state index in [1.165, 1.54) is 0 Å². The first-order chi connectivity index (χ1) is 11.0. The van der Waals surface area contributed by atoms with Gasteiger partial charge in [0.1, 0.15) is 6.07 Å². The molecule has 1 heterocycles. The number of hydrogen-bond donors (Lipinski definition) is 1. The van der Waals surface area contributed by atoms with Crippen LogP contribution in [0.1, 0.15) is 26.3 Å². The topological polar surface area (TPSA) is 82.6 Å². The van der Waals surface area contributed by atoms with Gasteiger partial charge in [0.2, 0.25) is 0 Å². The molecule has 6 heteroatoms. The van der Waals surface area contributed by atoms with Crippen molar-refractivity contribution >= 4 is 17.3 Å². The number of nitrogens with zero attached hydrogens (tertiary/aromatic N) is 3. The highest BCUT2D eigenvalue weighted by Gasteiger charge is 2.31. The molecule has 1 fully saturated rings. The molecule has 0 aromatic heterocycles. The lowest BCUT2D eigenvalue weighted by molar-refractivity contribution is -0.145. The summed E-state index contributed by atoms with van der Waals surface area (Å²) in [6.45, 7) is 8.20. The first-order valence-electron chi connectivity index (χ1n) is 7.92. The zero-order valence-electron chi connectivity index (χ0n) is 14.0. The SMILES string of the molecule is CCOC(=O)CN1C(C)CN(c2ccc(N)cc2C#N)CC1C. The van der Waals surface area contributed by atoms with E-state index in [0.717, 1.165) is 18.8 Å². The number of ether oxygens (including phenoxy) is 1. The maximum absolute atomic E-state index is 11.8. The molecule has 1 saturated heterocycles. The standard InChI is InChI=1S/C17H24N4O2/c1-4-23-17(22)11-21-12(2)9-20(10-13(21)3)16-6-5-15(19)7-14(16)8-18/h5-7,12-13H,4,9-11,19H2,1-3H3. The molecule has 1 aromatic carbocycles. The smallest absolute Gasteiger partial charge is 0.320 e. The highest BCUT2D eigenvalue weighted by atomic mass is 16.5. The van der Waals surface area contributed by atoms with Crippen molar-refractivity contribution < 1.29 is 9.53 Å². The van der Waals surface area contributed by atoms with E-state index in [2.05, 4.69) is 29.7 Å². The molecule has 0 radical (unpaired) electrons. The number of benzene rings is 1. The summed E-state index contributed by atoms with van der Waals surface area (Å²) in [6, 6.07) is 8.01. The molecule has 2 unspecified atom stereocenters. The molecule has 1 aromatic rings. The van der Waals surface area contributed by atoms with Gasteiger partial charge in [-0.25, -0.2) is 0 Å². The Kier molecular flexibility index (Phi) is 5.45. The molecule has 0 spiro atoms. The Morgan fingerprint density at radius 1 is 1.39 bits per heavy atom. The van der Waals surface area contributed by atoms with Gasteiger partial charge in [-0.05, 0) is 39.0 Å². The van der Waals surface area contributed by atoms with Gasteiger partial charge in [0.15, 0.2) is 0 Å². The Hall–Kier alpha value is -2.26. The zero-order valence-corrected chi connectivity index (χ0v) is 14.0. The van der Waals surface area contributed by atoms with Crippen LogP contribution in [0.3, 0.4) is 0 Å². The fraction of sp³-hybridized carbons (Fsp3) is 0.529. The first-order valence-corrected chi connectivity index (χ1v) is 7.92. The minimum absolute atomic E-state index is 0.187. The van der Waals surface area contributed by atoms with Crippen LogP contribution in [0, 0.1) is 11.3 Å². The van der Waals surface area contributed by atoms with Crippen LogP contribution >= 0.6 is 0 Å². The third kappa shape index (κ3) is 3.93. The number of anilines is 2. The molecule has 23 heavy (non-hydrogen) atoms. The summed E-state index contributed by atoms with van der Waals surface area (Å²) in [6.07, 6.45) is 0. The number of nitrogen functional groups attached to an aromatic ring is 1. The Labute approximate surface area is 137 Å². The van der Waals surface area contributed by atoms with E-state index in [0.29, 0.717) is 24.4 Å². The van der Waals surface area contributed by atoms with Gasteiger partial charge in [-0.3, -0.25) is 9.69 Å². The predicted octanol–water partition coefficient (Wildman–Crippen LogP) is 1.60. The number of nitrogens with two attached hydrogens (primary N) is 1. The second-order valence-corrected chi connectivity index (χ2v) is 5.97. The maximum Gasteiger partial charge on any atom is 0.320 e. The summed E-state index contributed by atoms with van der Waals surface area (Å²) in [7, 11) is 0. The molecule has 124 valence electrons. The van der Waals surface area contributed by atoms with Crippen LogP contribution in [-0.4, -0.2) is 49.2 Å². The van der Waals surface area contributed by atoms with Crippen molar-refractivity contribution in [2.45, 2.75) is 32.9 Å². The lowest BCUT2D eigenvalue weighted by Crippen LogP contribution is -2.58. The van der Waals surface area contributed by atoms with E-state index in [1.807, 2.05) is 19.1 Å². The zero-order chi connectivity index (χ0) is 17.0. The van der Waals surface area contributed by atoms with Crippen molar-refractivity contribution in [2.75, 3.05) is 36.9 Å². The molecule has 0 aliphatic carbocycles. The number of piperazine rings is 1. The van der Waals surface area contributed by atoms with E-state index in [1.54, 1.807) is 6.07 Å². The van der Waals surface area contributed by atoms with Gasteiger partial charge in [-0.2, -0.15) is 5.26 Å². The molecule has 1 aliphatic rings. The van der Waals surface area contributed by atoms with Crippen molar-refractivity contribution in [3.05, 3.63) is 23.8 Å². The van der Waals surface area contributed by atoms with Crippen molar-refractivity contribution in [1.29, 1.82) is 5.26 Å². The predicted molar refractivity (Wildman–Crippen MR) is 90.0 cm³/mol. The highest BCUT2D eigenvalue weighted by Crippen LogP contribution is 2.27. The van der Waals surface area contributed by atoms with E-state index in [4.69, 9.17) is 10.5 Å². The maximum atomic E-state index is 11.8. The average molecular weight is 316 g/mol. The number of nitriles is 1. The molecule has 2 rings (SSSR count). The van der Waals surface area contributed by atoms with Crippen LogP contribution in [0.15, 0.2) is 18.2 Å². The summed E-state index contributed by atoms with van der Waals surface area (Å²) in [4.78, 5) is 16.1. The first kappa shape index (κ1) is 17.1. The molecule has 0 bridgehead atoms. The average Bonchev–Trinajstić information content (AvgIpc) is 2.50. The van der Waals surface area contributed by atoms with E-state index in [-0.39, 0.29) is 18.1 Å². The largest absolute Gasteiger partial charge is 0.465 e.